The third-order valence-corrected chi connectivity index (χ3v) is 4.07. The van der Waals surface area contributed by atoms with Crippen LogP contribution in [0.4, 0.5) is 4.39 Å². The summed E-state index contributed by atoms with van der Waals surface area (Å²) in [5.74, 6) is 0.297. The van der Waals surface area contributed by atoms with Gasteiger partial charge in [-0.2, -0.15) is 0 Å². The Balaban J connectivity index is 1.60. The van der Waals surface area contributed by atoms with Gasteiger partial charge in [-0.25, -0.2) is 9.18 Å². The molecule has 0 aliphatic heterocycles. The highest BCUT2D eigenvalue weighted by Crippen LogP contribution is 2.29. The van der Waals surface area contributed by atoms with Gasteiger partial charge in [-0.3, -0.25) is 4.98 Å². The molecule has 0 radical (unpaired) electrons. The molecule has 3 aromatic rings. The molecule has 0 aliphatic rings. The van der Waals surface area contributed by atoms with Crippen LogP contribution in [-0.4, -0.2) is 17.6 Å². The Morgan fingerprint density at radius 1 is 1.00 bits per heavy atom. The molecule has 3 rings (SSSR count). The maximum atomic E-state index is 13.2. The molecule has 1 heterocycles. The first-order valence-corrected chi connectivity index (χ1v) is 9.52. The highest BCUT2D eigenvalue weighted by molar-refractivity contribution is 5.87. The molecule has 2 aromatic carbocycles. The van der Waals surface area contributed by atoms with Gasteiger partial charge in [0.05, 0.1) is 6.61 Å². The summed E-state index contributed by atoms with van der Waals surface area (Å²) in [5, 5.41) is 0. The zero-order chi connectivity index (χ0) is 21.2. The van der Waals surface area contributed by atoms with Crippen LogP contribution in [0, 0.1) is 5.82 Å². The fraction of sp³-hybridized carbons (Fsp3) is 0.167. The predicted octanol–water partition coefficient (Wildman–Crippen LogP) is 4.96. The molecular formula is C24H22FNO4. The molecule has 6 heteroatoms. The molecule has 5 nitrogen and oxygen atoms in total. The SMILES string of the molecule is CCOc1cc(/C=C/C(=O)OCc2cccc(F)c2)ccc1OCc1cccnc1. The van der Waals surface area contributed by atoms with E-state index in [2.05, 4.69) is 4.98 Å². The van der Waals surface area contributed by atoms with E-state index in [1.165, 1.54) is 18.2 Å². The number of aromatic nitrogens is 1. The van der Waals surface area contributed by atoms with Crippen molar-refractivity contribution in [1.29, 1.82) is 0 Å². The summed E-state index contributed by atoms with van der Waals surface area (Å²) < 4.78 is 29.8. The molecule has 0 bridgehead atoms. The van der Waals surface area contributed by atoms with E-state index in [1.54, 1.807) is 42.7 Å². The quantitative estimate of drug-likeness (QED) is 0.371. The lowest BCUT2D eigenvalue weighted by atomic mass is 10.2. The van der Waals surface area contributed by atoms with E-state index in [1.807, 2.05) is 25.1 Å². The van der Waals surface area contributed by atoms with E-state index >= 15 is 0 Å². The number of ether oxygens (including phenoxy) is 3. The number of carbonyl (C=O) groups is 1. The predicted molar refractivity (Wildman–Crippen MR) is 111 cm³/mol. The summed E-state index contributed by atoms with van der Waals surface area (Å²) in [5.41, 5.74) is 2.30. The van der Waals surface area contributed by atoms with Gasteiger partial charge in [0, 0.05) is 24.0 Å². The van der Waals surface area contributed by atoms with Gasteiger partial charge in [-0.05, 0) is 54.5 Å². The third kappa shape index (κ3) is 6.44. The van der Waals surface area contributed by atoms with Gasteiger partial charge in [-0.15, -0.1) is 0 Å². The summed E-state index contributed by atoms with van der Waals surface area (Å²) in [7, 11) is 0. The van der Waals surface area contributed by atoms with Crippen molar-refractivity contribution in [3.63, 3.8) is 0 Å². The van der Waals surface area contributed by atoms with Crippen LogP contribution in [0.5, 0.6) is 11.5 Å². The van der Waals surface area contributed by atoms with Crippen molar-refractivity contribution in [2.45, 2.75) is 20.1 Å². The minimum atomic E-state index is -0.519. The lowest BCUT2D eigenvalue weighted by molar-refractivity contribution is -0.138. The standard InChI is InChI=1S/C24H22FNO4/c1-2-28-23-14-18(8-10-22(23)29-17-20-6-4-12-26-15-20)9-11-24(27)30-16-19-5-3-7-21(25)13-19/h3-15H,2,16-17H2,1H3/b11-9+. The minimum Gasteiger partial charge on any atom is -0.490 e. The van der Waals surface area contributed by atoms with Crippen molar-refractivity contribution in [1.82, 2.24) is 4.98 Å². The first kappa shape index (κ1) is 21.0. The minimum absolute atomic E-state index is 0.00620. The smallest absolute Gasteiger partial charge is 0.331 e. The number of carbonyl (C=O) groups excluding carboxylic acids is 1. The zero-order valence-electron chi connectivity index (χ0n) is 16.6. The van der Waals surface area contributed by atoms with Gasteiger partial charge in [0.15, 0.2) is 11.5 Å². The van der Waals surface area contributed by atoms with Gasteiger partial charge in [0.1, 0.15) is 19.0 Å². The van der Waals surface area contributed by atoms with Crippen LogP contribution in [0.2, 0.25) is 0 Å². The molecule has 30 heavy (non-hydrogen) atoms. The van der Waals surface area contributed by atoms with Gasteiger partial charge < -0.3 is 14.2 Å². The van der Waals surface area contributed by atoms with Gasteiger partial charge >= 0.3 is 5.97 Å². The van der Waals surface area contributed by atoms with Crippen molar-refractivity contribution < 1.29 is 23.4 Å². The molecular weight excluding hydrogens is 385 g/mol. The molecule has 0 amide bonds. The van der Waals surface area contributed by atoms with Crippen LogP contribution in [0.1, 0.15) is 23.6 Å². The van der Waals surface area contributed by atoms with Crippen molar-refractivity contribution in [3.05, 3.63) is 95.6 Å². The number of benzene rings is 2. The largest absolute Gasteiger partial charge is 0.490 e. The summed E-state index contributed by atoms with van der Waals surface area (Å²) in [6.07, 6.45) is 6.40. The summed E-state index contributed by atoms with van der Waals surface area (Å²) in [6, 6.07) is 15.1. The average Bonchev–Trinajstić information content (AvgIpc) is 2.76. The highest BCUT2D eigenvalue weighted by atomic mass is 19.1. The van der Waals surface area contributed by atoms with Gasteiger partial charge in [0.2, 0.25) is 0 Å². The fourth-order valence-electron chi connectivity index (χ4n) is 2.65. The summed E-state index contributed by atoms with van der Waals surface area (Å²) in [6.45, 7) is 2.74. The van der Waals surface area contributed by atoms with Crippen LogP contribution >= 0.6 is 0 Å². The Hall–Kier alpha value is -3.67. The normalized spacial score (nSPS) is 10.7. The molecule has 0 aliphatic carbocycles. The zero-order valence-corrected chi connectivity index (χ0v) is 16.6. The number of rotatable bonds is 9. The van der Waals surface area contributed by atoms with Crippen LogP contribution in [0.15, 0.2) is 73.1 Å². The topological polar surface area (TPSA) is 57.7 Å². The second-order valence-electron chi connectivity index (χ2n) is 6.36. The maximum Gasteiger partial charge on any atom is 0.331 e. The van der Waals surface area contributed by atoms with Crippen LogP contribution in [0.3, 0.4) is 0 Å². The van der Waals surface area contributed by atoms with Crippen LogP contribution in [-0.2, 0) is 22.7 Å². The van der Waals surface area contributed by atoms with E-state index in [9.17, 15) is 9.18 Å². The lowest BCUT2D eigenvalue weighted by Crippen LogP contribution is -2.01. The lowest BCUT2D eigenvalue weighted by Gasteiger charge is -2.12. The Morgan fingerprint density at radius 2 is 1.87 bits per heavy atom. The third-order valence-electron chi connectivity index (χ3n) is 4.07. The number of esters is 1. The fourth-order valence-corrected chi connectivity index (χ4v) is 2.65. The van der Waals surface area contributed by atoms with Crippen molar-refractivity contribution >= 4 is 12.0 Å². The number of halogens is 1. The maximum absolute atomic E-state index is 13.2. The molecule has 154 valence electrons. The van der Waals surface area contributed by atoms with E-state index in [0.717, 1.165) is 11.1 Å². The summed E-state index contributed by atoms with van der Waals surface area (Å²) in [4.78, 5) is 16.0. The summed E-state index contributed by atoms with van der Waals surface area (Å²) >= 11 is 0. The molecule has 0 N–H and O–H groups in total. The number of hydrogen-bond donors (Lipinski definition) is 0. The van der Waals surface area contributed by atoms with Crippen LogP contribution in [0.25, 0.3) is 6.08 Å². The van der Waals surface area contributed by atoms with Crippen molar-refractivity contribution in [2.24, 2.45) is 0 Å². The molecule has 0 saturated heterocycles. The highest BCUT2D eigenvalue weighted by Gasteiger charge is 2.07. The first-order chi connectivity index (χ1) is 14.6. The molecule has 0 fully saturated rings. The number of nitrogens with zero attached hydrogens (tertiary/aromatic N) is 1. The van der Waals surface area contributed by atoms with E-state index in [0.29, 0.717) is 30.3 Å². The van der Waals surface area contributed by atoms with E-state index < -0.39 is 5.97 Å². The Bertz CT molecular complexity index is 1010. The Labute approximate surface area is 174 Å². The van der Waals surface area contributed by atoms with E-state index in [4.69, 9.17) is 14.2 Å². The van der Waals surface area contributed by atoms with Crippen molar-refractivity contribution in [3.8, 4) is 11.5 Å². The Morgan fingerprint density at radius 3 is 2.63 bits per heavy atom. The first-order valence-electron chi connectivity index (χ1n) is 9.52. The number of pyridine rings is 1. The second kappa shape index (κ2) is 10.8. The van der Waals surface area contributed by atoms with Gasteiger partial charge in [0.25, 0.3) is 0 Å². The molecule has 1 aromatic heterocycles. The molecule has 0 saturated carbocycles. The number of hydrogen-bond acceptors (Lipinski definition) is 5. The molecule has 0 spiro atoms. The monoisotopic (exact) mass is 407 g/mol. The molecule has 0 unspecified atom stereocenters. The average molecular weight is 407 g/mol. The van der Waals surface area contributed by atoms with Crippen molar-refractivity contribution in [2.75, 3.05) is 6.61 Å². The van der Waals surface area contributed by atoms with E-state index in [-0.39, 0.29) is 12.4 Å². The van der Waals surface area contributed by atoms with Crippen LogP contribution < -0.4 is 9.47 Å². The second-order valence-corrected chi connectivity index (χ2v) is 6.36. The van der Waals surface area contributed by atoms with Gasteiger partial charge in [-0.1, -0.05) is 24.3 Å². The molecule has 0 atom stereocenters. The Kier molecular flexibility index (Phi) is 7.55.